The molecular weight excluding hydrogens is 310 g/mol. The van der Waals surface area contributed by atoms with Gasteiger partial charge in [0.1, 0.15) is 23.0 Å². The summed E-state index contributed by atoms with van der Waals surface area (Å²) in [6.07, 6.45) is -0.141. The van der Waals surface area contributed by atoms with Crippen molar-refractivity contribution in [1.82, 2.24) is 10.3 Å². The Morgan fingerprint density at radius 2 is 2.05 bits per heavy atom. The van der Waals surface area contributed by atoms with Crippen LogP contribution in [0, 0.1) is 10.1 Å². The Bertz CT molecular complexity index is 619. The number of carboxylic acid groups (broad SMARTS) is 2. The summed E-state index contributed by atoms with van der Waals surface area (Å²) in [7, 11) is 0. The van der Waals surface area contributed by atoms with Crippen LogP contribution in [0.3, 0.4) is 0 Å². The van der Waals surface area contributed by atoms with E-state index in [1.54, 1.807) is 0 Å². The van der Waals surface area contributed by atoms with Crippen molar-refractivity contribution in [1.29, 1.82) is 0 Å². The number of aliphatic carboxylic acids is 2. The van der Waals surface area contributed by atoms with Crippen molar-refractivity contribution in [3.63, 3.8) is 0 Å². The SMILES string of the molecule is O=C(O)C[C@@H](NC(=O)c1cc(Cl)ncc1[N+](=O)[O-])C(=O)O. The van der Waals surface area contributed by atoms with E-state index in [2.05, 4.69) is 4.98 Å². The van der Waals surface area contributed by atoms with Gasteiger partial charge in [-0.25, -0.2) is 9.78 Å². The maximum absolute atomic E-state index is 11.9. The van der Waals surface area contributed by atoms with Crippen LogP contribution in [0.1, 0.15) is 16.8 Å². The normalized spacial score (nSPS) is 11.5. The van der Waals surface area contributed by atoms with Gasteiger partial charge in [-0.15, -0.1) is 0 Å². The molecule has 0 saturated carbocycles. The minimum Gasteiger partial charge on any atom is -0.481 e. The van der Waals surface area contributed by atoms with Gasteiger partial charge in [-0.05, 0) is 6.07 Å². The standard InChI is InChI=1S/C10H8ClN3O7/c11-7-1-4(6(3-12-7)14(20)21)9(17)13-5(10(18)19)2-8(15)16/h1,3,5H,2H2,(H,13,17)(H,15,16)(H,18,19)/t5-/m1/s1. The zero-order valence-corrected chi connectivity index (χ0v) is 10.9. The molecule has 1 heterocycles. The number of carbonyl (C=O) groups excluding carboxylic acids is 1. The molecule has 0 aliphatic heterocycles. The van der Waals surface area contributed by atoms with Crippen molar-refractivity contribution >= 4 is 35.1 Å². The molecule has 1 aromatic rings. The molecular formula is C10H8ClN3O7. The summed E-state index contributed by atoms with van der Waals surface area (Å²) >= 11 is 5.52. The van der Waals surface area contributed by atoms with Crippen LogP contribution in [0.5, 0.6) is 0 Å². The third-order valence-corrected chi connectivity index (χ3v) is 2.48. The third kappa shape index (κ3) is 4.38. The van der Waals surface area contributed by atoms with Crippen LogP contribution >= 0.6 is 11.6 Å². The molecule has 0 radical (unpaired) electrons. The second-order valence-corrected chi connectivity index (χ2v) is 4.13. The first kappa shape index (κ1) is 16.3. The first-order valence-electron chi connectivity index (χ1n) is 5.27. The van der Waals surface area contributed by atoms with Gasteiger partial charge in [0.25, 0.3) is 11.6 Å². The first-order chi connectivity index (χ1) is 9.72. The van der Waals surface area contributed by atoms with E-state index in [-0.39, 0.29) is 5.15 Å². The van der Waals surface area contributed by atoms with Crippen LogP contribution in [0.4, 0.5) is 5.69 Å². The molecule has 1 rings (SSSR count). The number of hydrogen-bond acceptors (Lipinski definition) is 6. The predicted octanol–water partition coefficient (Wildman–Crippen LogP) is 0.301. The number of pyridine rings is 1. The molecule has 1 atom stereocenters. The molecule has 0 aliphatic carbocycles. The quantitative estimate of drug-likeness (QED) is 0.383. The van der Waals surface area contributed by atoms with Crippen molar-refractivity contribution in [2.75, 3.05) is 0 Å². The zero-order valence-electron chi connectivity index (χ0n) is 10.1. The third-order valence-electron chi connectivity index (χ3n) is 2.27. The topological polar surface area (TPSA) is 160 Å². The van der Waals surface area contributed by atoms with Gasteiger partial charge >= 0.3 is 11.9 Å². The summed E-state index contributed by atoms with van der Waals surface area (Å²) in [6.45, 7) is 0. The lowest BCUT2D eigenvalue weighted by molar-refractivity contribution is -0.385. The van der Waals surface area contributed by atoms with Crippen molar-refractivity contribution in [2.45, 2.75) is 12.5 Å². The highest BCUT2D eigenvalue weighted by molar-refractivity contribution is 6.29. The fraction of sp³-hybridized carbons (Fsp3) is 0.200. The Labute approximate surface area is 121 Å². The molecule has 112 valence electrons. The molecule has 0 unspecified atom stereocenters. The molecule has 10 nitrogen and oxygen atoms in total. The Morgan fingerprint density at radius 3 is 2.52 bits per heavy atom. The van der Waals surface area contributed by atoms with Gasteiger partial charge in [-0.1, -0.05) is 11.6 Å². The van der Waals surface area contributed by atoms with Crippen molar-refractivity contribution < 1.29 is 29.5 Å². The Balaban J connectivity index is 3.07. The van der Waals surface area contributed by atoms with Gasteiger partial charge in [-0.2, -0.15) is 0 Å². The molecule has 1 aromatic heterocycles. The van der Waals surface area contributed by atoms with Crippen LogP contribution in [-0.4, -0.2) is 44.0 Å². The number of aromatic nitrogens is 1. The van der Waals surface area contributed by atoms with E-state index in [1.807, 2.05) is 5.32 Å². The Morgan fingerprint density at radius 1 is 1.43 bits per heavy atom. The van der Waals surface area contributed by atoms with E-state index >= 15 is 0 Å². The van der Waals surface area contributed by atoms with Crippen molar-refractivity contribution in [3.8, 4) is 0 Å². The first-order valence-corrected chi connectivity index (χ1v) is 5.65. The number of nitrogens with one attached hydrogen (secondary N) is 1. The van der Waals surface area contributed by atoms with Crippen LogP contribution in [0.2, 0.25) is 5.15 Å². The van der Waals surface area contributed by atoms with Crippen LogP contribution in [-0.2, 0) is 9.59 Å². The molecule has 21 heavy (non-hydrogen) atoms. The smallest absolute Gasteiger partial charge is 0.326 e. The second-order valence-electron chi connectivity index (χ2n) is 3.74. The lowest BCUT2D eigenvalue weighted by Gasteiger charge is -2.12. The van der Waals surface area contributed by atoms with Crippen LogP contribution < -0.4 is 5.32 Å². The Hall–Kier alpha value is -2.75. The molecule has 0 bridgehead atoms. The summed E-state index contributed by atoms with van der Waals surface area (Å²) in [4.78, 5) is 46.5. The maximum Gasteiger partial charge on any atom is 0.326 e. The van der Waals surface area contributed by atoms with Gasteiger partial charge < -0.3 is 15.5 Å². The van der Waals surface area contributed by atoms with Crippen molar-refractivity contribution in [2.24, 2.45) is 0 Å². The number of carboxylic acids is 2. The molecule has 3 N–H and O–H groups in total. The van der Waals surface area contributed by atoms with E-state index in [0.29, 0.717) is 0 Å². The summed E-state index contributed by atoms with van der Waals surface area (Å²) in [5, 5.41) is 29.8. The van der Waals surface area contributed by atoms with Crippen LogP contribution in [0.15, 0.2) is 12.3 Å². The minimum absolute atomic E-state index is 0.212. The summed E-state index contributed by atoms with van der Waals surface area (Å²) in [5.74, 6) is -4.18. The van der Waals surface area contributed by atoms with Gasteiger partial charge in [-0.3, -0.25) is 19.7 Å². The van der Waals surface area contributed by atoms with Crippen LogP contribution in [0.25, 0.3) is 0 Å². The number of nitro groups is 1. The molecule has 0 aliphatic rings. The number of carbonyl (C=O) groups is 3. The molecule has 0 aromatic carbocycles. The molecule has 0 fully saturated rings. The largest absolute Gasteiger partial charge is 0.481 e. The van der Waals surface area contributed by atoms with E-state index in [9.17, 15) is 24.5 Å². The summed E-state index contributed by atoms with van der Waals surface area (Å²) in [5.41, 5.74) is -1.20. The van der Waals surface area contributed by atoms with E-state index in [4.69, 9.17) is 21.8 Å². The van der Waals surface area contributed by atoms with Gasteiger partial charge in [0, 0.05) is 0 Å². The second kappa shape index (κ2) is 6.61. The average molecular weight is 318 g/mol. The fourth-order valence-electron chi connectivity index (χ4n) is 1.36. The number of halogens is 1. The highest BCUT2D eigenvalue weighted by Crippen LogP contribution is 2.20. The number of hydrogen-bond donors (Lipinski definition) is 3. The summed E-state index contributed by atoms with van der Waals surface area (Å²) in [6, 6.07) is -0.851. The Kier molecular flexibility index (Phi) is 5.13. The lowest BCUT2D eigenvalue weighted by atomic mass is 10.1. The lowest BCUT2D eigenvalue weighted by Crippen LogP contribution is -2.42. The highest BCUT2D eigenvalue weighted by atomic mass is 35.5. The van der Waals surface area contributed by atoms with E-state index < -0.39 is 46.5 Å². The molecule has 11 heteroatoms. The van der Waals surface area contributed by atoms with E-state index in [0.717, 1.165) is 12.3 Å². The zero-order chi connectivity index (χ0) is 16.2. The monoisotopic (exact) mass is 317 g/mol. The number of rotatable bonds is 6. The number of amides is 1. The van der Waals surface area contributed by atoms with Crippen molar-refractivity contribution in [3.05, 3.63) is 33.1 Å². The average Bonchev–Trinajstić information content (AvgIpc) is 2.36. The predicted molar refractivity (Wildman–Crippen MR) is 67.0 cm³/mol. The maximum atomic E-state index is 11.9. The molecule has 0 spiro atoms. The summed E-state index contributed by atoms with van der Waals surface area (Å²) < 4.78 is 0. The molecule has 1 amide bonds. The highest BCUT2D eigenvalue weighted by Gasteiger charge is 2.27. The van der Waals surface area contributed by atoms with Gasteiger partial charge in [0.15, 0.2) is 0 Å². The minimum atomic E-state index is -1.73. The molecule has 0 saturated heterocycles. The van der Waals surface area contributed by atoms with E-state index in [1.165, 1.54) is 0 Å². The van der Waals surface area contributed by atoms with Gasteiger partial charge in [0.05, 0.1) is 11.3 Å². The number of nitrogens with zero attached hydrogens (tertiary/aromatic N) is 2. The van der Waals surface area contributed by atoms with Gasteiger partial charge in [0.2, 0.25) is 0 Å². The fourth-order valence-corrected chi connectivity index (χ4v) is 1.52.